The molecule has 2 rings (SSSR count). The van der Waals surface area contributed by atoms with E-state index in [1.165, 1.54) is 0 Å². The summed E-state index contributed by atoms with van der Waals surface area (Å²) in [5.41, 5.74) is 1.91. The van der Waals surface area contributed by atoms with Crippen LogP contribution in [0.25, 0.3) is 0 Å². The van der Waals surface area contributed by atoms with Crippen LogP contribution in [-0.4, -0.2) is 12.1 Å². The number of rotatable bonds is 4. The van der Waals surface area contributed by atoms with Crippen LogP contribution in [0, 0.1) is 0 Å². The Labute approximate surface area is 123 Å². The molecule has 0 unspecified atom stereocenters. The number of anilines is 1. The number of hydrogen-bond acceptors (Lipinski definition) is 3. The summed E-state index contributed by atoms with van der Waals surface area (Å²) in [4.78, 5) is 4.31. The maximum absolute atomic E-state index is 5.30. The Hall–Kier alpha value is -1.07. The lowest BCUT2D eigenvalue weighted by atomic mass is 10.2. The zero-order valence-electron chi connectivity index (χ0n) is 9.78. The maximum atomic E-state index is 5.30. The standard InChI is InChI=1S/C13H12Br2N2O/c1-18-13-5-3-9(14)6-12(13)17-8-11-4-2-10(15)7-16-11/h2-7,17H,8H2,1H3. The minimum absolute atomic E-state index is 0.653. The van der Waals surface area contributed by atoms with Crippen molar-refractivity contribution < 1.29 is 4.74 Å². The van der Waals surface area contributed by atoms with Gasteiger partial charge in [0.2, 0.25) is 0 Å². The van der Waals surface area contributed by atoms with Gasteiger partial charge in [-0.25, -0.2) is 0 Å². The van der Waals surface area contributed by atoms with Gasteiger partial charge in [-0.1, -0.05) is 15.9 Å². The van der Waals surface area contributed by atoms with Gasteiger partial charge >= 0.3 is 0 Å². The Kier molecular flexibility index (Phi) is 4.60. The first-order valence-corrected chi connectivity index (χ1v) is 6.95. The van der Waals surface area contributed by atoms with Crippen LogP contribution < -0.4 is 10.1 Å². The zero-order chi connectivity index (χ0) is 13.0. The van der Waals surface area contributed by atoms with E-state index in [1.54, 1.807) is 13.3 Å². The summed E-state index contributed by atoms with van der Waals surface area (Å²) < 4.78 is 7.28. The van der Waals surface area contributed by atoms with E-state index in [1.807, 2.05) is 30.3 Å². The summed E-state index contributed by atoms with van der Waals surface area (Å²) in [5, 5.41) is 3.31. The smallest absolute Gasteiger partial charge is 0.142 e. The molecule has 1 N–H and O–H groups in total. The van der Waals surface area contributed by atoms with E-state index >= 15 is 0 Å². The number of nitrogens with one attached hydrogen (secondary N) is 1. The molecule has 0 saturated heterocycles. The molecule has 0 aliphatic rings. The molecule has 0 amide bonds. The molecular weight excluding hydrogens is 360 g/mol. The summed E-state index contributed by atoms with van der Waals surface area (Å²) in [6.07, 6.45) is 1.79. The van der Waals surface area contributed by atoms with Crippen molar-refractivity contribution in [3.8, 4) is 5.75 Å². The van der Waals surface area contributed by atoms with Crippen molar-refractivity contribution in [3.05, 3.63) is 51.2 Å². The highest BCUT2D eigenvalue weighted by Gasteiger charge is 2.03. The molecule has 0 radical (unpaired) electrons. The number of nitrogens with zero attached hydrogens (tertiary/aromatic N) is 1. The average Bonchev–Trinajstić information content (AvgIpc) is 2.38. The Balaban J connectivity index is 2.09. The van der Waals surface area contributed by atoms with Gasteiger partial charge in [0, 0.05) is 15.1 Å². The summed E-state index contributed by atoms with van der Waals surface area (Å²) in [6.45, 7) is 0.653. The van der Waals surface area contributed by atoms with E-state index in [4.69, 9.17) is 4.74 Å². The minimum Gasteiger partial charge on any atom is -0.495 e. The molecule has 5 heteroatoms. The van der Waals surface area contributed by atoms with Gasteiger partial charge in [-0.3, -0.25) is 4.98 Å². The van der Waals surface area contributed by atoms with Gasteiger partial charge in [-0.05, 0) is 46.3 Å². The number of benzene rings is 1. The van der Waals surface area contributed by atoms with E-state index in [9.17, 15) is 0 Å². The summed E-state index contributed by atoms with van der Waals surface area (Å²) >= 11 is 6.81. The van der Waals surface area contributed by atoms with Gasteiger partial charge in [-0.15, -0.1) is 0 Å². The second-order valence-corrected chi connectivity index (χ2v) is 5.50. The molecule has 1 heterocycles. The van der Waals surface area contributed by atoms with E-state index in [2.05, 4.69) is 42.2 Å². The van der Waals surface area contributed by atoms with Crippen molar-refractivity contribution in [2.24, 2.45) is 0 Å². The van der Waals surface area contributed by atoms with Gasteiger partial charge in [0.25, 0.3) is 0 Å². The number of halogens is 2. The third-order valence-corrected chi connectivity index (χ3v) is 3.37. The average molecular weight is 372 g/mol. The van der Waals surface area contributed by atoms with Crippen LogP contribution in [-0.2, 0) is 6.54 Å². The van der Waals surface area contributed by atoms with Crippen LogP contribution in [0.1, 0.15) is 5.69 Å². The Morgan fingerprint density at radius 1 is 1.17 bits per heavy atom. The van der Waals surface area contributed by atoms with Gasteiger partial charge in [0.15, 0.2) is 0 Å². The summed E-state index contributed by atoms with van der Waals surface area (Å²) in [7, 11) is 1.66. The highest BCUT2D eigenvalue weighted by molar-refractivity contribution is 9.10. The quantitative estimate of drug-likeness (QED) is 0.873. The topological polar surface area (TPSA) is 34.1 Å². The molecule has 0 fully saturated rings. The molecule has 0 aliphatic carbocycles. The second kappa shape index (κ2) is 6.20. The summed E-state index contributed by atoms with van der Waals surface area (Å²) in [5.74, 6) is 0.815. The van der Waals surface area contributed by atoms with Gasteiger partial charge in [0.1, 0.15) is 5.75 Å². The number of pyridine rings is 1. The molecule has 0 spiro atoms. The molecule has 2 aromatic rings. The largest absolute Gasteiger partial charge is 0.495 e. The number of methoxy groups -OCH3 is 1. The molecule has 94 valence electrons. The van der Waals surface area contributed by atoms with Crippen molar-refractivity contribution in [2.75, 3.05) is 12.4 Å². The lowest BCUT2D eigenvalue weighted by Gasteiger charge is -2.11. The van der Waals surface area contributed by atoms with E-state index in [0.29, 0.717) is 6.54 Å². The number of aromatic nitrogens is 1. The minimum atomic E-state index is 0.653. The molecule has 0 saturated carbocycles. The van der Waals surface area contributed by atoms with Crippen molar-refractivity contribution in [2.45, 2.75) is 6.54 Å². The third kappa shape index (κ3) is 3.46. The lowest BCUT2D eigenvalue weighted by molar-refractivity contribution is 0.416. The monoisotopic (exact) mass is 370 g/mol. The molecule has 0 atom stereocenters. The van der Waals surface area contributed by atoms with Crippen LogP contribution in [0.15, 0.2) is 45.5 Å². The maximum Gasteiger partial charge on any atom is 0.142 e. The van der Waals surface area contributed by atoms with Crippen LogP contribution in [0.3, 0.4) is 0 Å². The van der Waals surface area contributed by atoms with Crippen LogP contribution in [0.5, 0.6) is 5.75 Å². The van der Waals surface area contributed by atoms with Crippen molar-refractivity contribution in [1.82, 2.24) is 4.98 Å². The van der Waals surface area contributed by atoms with Gasteiger partial charge in [-0.2, -0.15) is 0 Å². The highest BCUT2D eigenvalue weighted by Crippen LogP contribution is 2.28. The molecular formula is C13H12Br2N2O. The molecule has 0 aliphatic heterocycles. The van der Waals surface area contributed by atoms with Crippen molar-refractivity contribution in [3.63, 3.8) is 0 Å². The number of hydrogen-bond donors (Lipinski definition) is 1. The Morgan fingerprint density at radius 2 is 1.94 bits per heavy atom. The zero-order valence-corrected chi connectivity index (χ0v) is 13.0. The van der Waals surface area contributed by atoms with Crippen molar-refractivity contribution in [1.29, 1.82) is 0 Å². The molecule has 0 bridgehead atoms. The van der Waals surface area contributed by atoms with Gasteiger partial charge < -0.3 is 10.1 Å². The summed E-state index contributed by atoms with van der Waals surface area (Å²) in [6, 6.07) is 9.80. The van der Waals surface area contributed by atoms with Gasteiger partial charge in [0.05, 0.1) is 25.0 Å². The molecule has 3 nitrogen and oxygen atoms in total. The fraction of sp³-hybridized carbons (Fsp3) is 0.154. The van der Waals surface area contributed by atoms with E-state index in [0.717, 1.165) is 26.1 Å². The first kappa shape index (κ1) is 13.4. The Morgan fingerprint density at radius 3 is 2.61 bits per heavy atom. The third-order valence-electron chi connectivity index (χ3n) is 2.41. The van der Waals surface area contributed by atoms with Crippen LogP contribution in [0.4, 0.5) is 5.69 Å². The molecule has 1 aromatic heterocycles. The highest BCUT2D eigenvalue weighted by atomic mass is 79.9. The van der Waals surface area contributed by atoms with Crippen molar-refractivity contribution >= 4 is 37.5 Å². The number of ether oxygens (including phenoxy) is 1. The fourth-order valence-corrected chi connectivity index (χ4v) is 2.11. The fourth-order valence-electron chi connectivity index (χ4n) is 1.52. The predicted molar refractivity (Wildman–Crippen MR) is 80.0 cm³/mol. The molecule has 1 aromatic carbocycles. The van der Waals surface area contributed by atoms with E-state index < -0.39 is 0 Å². The van der Waals surface area contributed by atoms with E-state index in [-0.39, 0.29) is 0 Å². The van der Waals surface area contributed by atoms with Crippen LogP contribution >= 0.6 is 31.9 Å². The Bertz CT molecular complexity index is 529. The lowest BCUT2D eigenvalue weighted by Crippen LogP contribution is -2.02. The first-order valence-electron chi connectivity index (χ1n) is 5.37. The second-order valence-electron chi connectivity index (χ2n) is 3.67. The molecule has 18 heavy (non-hydrogen) atoms. The SMILES string of the molecule is COc1ccc(Br)cc1NCc1ccc(Br)cn1. The normalized spacial score (nSPS) is 10.2. The predicted octanol–water partition coefficient (Wildman–Crippen LogP) is 4.23. The van der Waals surface area contributed by atoms with Crippen LogP contribution in [0.2, 0.25) is 0 Å². The first-order chi connectivity index (χ1) is 8.69.